The fourth-order valence-electron chi connectivity index (χ4n) is 1.03. The van der Waals surface area contributed by atoms with Crippen molar-refractivity contribution in [3.63, 3.8) is 0 Å². The van der Waals surface area contributed by atoms with E-state index in [4.69, 9.17) is 16.7 Å². The molecule has 1 aromatic carbocycles. The molecule has 0 unspecified atom stereocenters. The van der Waals surface area contributed by atoms with E-state index < -0.39 is 32.7 Å². The number of nitrogens with one attached hydrogen (secondary N) is 1. The molecule has 0 bridgehead atoms. The lowest BCUT2D eigenvalue weighted by molar-refractivity contribution is -0.138. The van der Waals surface area contributed by atoms with Crippen LogP contribution in [-0.2, 0) is 14.8 Å². The van der Waals surface area contributed by atoms with Crippen LogP contribution in [0.3, 0.4) is 0 Å². The average Bonchev–Trinajstić information content (AvgIpc) is 2.20. The molecule has 0 amide bonds. The van der Waals surface area contributed by atoms with Gasteiger partial charge in [0.2, 0.25) is 10.0 Å². The van der Waals surface area contributed by atoms with Crippen molar-refractivity contribution in [3.05, 3.63) is 29.0 Å². The first kappa shape index (κ1) is 13.9. The number of carbonyl (C=O) groups is 1. The first-order valence-corrected chi connectivity index (χ1v) is 6.30. The van der Waals surface area contributed by atoms with Crippen molar-refractivity contribution < 1.29 is 22.7 Å². The molecule has 0 aliphatic carbocycles. The van der Waals surface area contributed by atoms with Crippen LogP contribution in [0, 0.1) is 5.82 Å². The van der Waals surface area contributed by atoms with Gasteiger partial charge in [-0.15, -0.1) is 0 Å². The van der Waals surface area contributed by atoms with Crippen LogP contribution in [0.5, 0.6) is 0 Å². The smallest absolute Gasteiger partial charge is 0.321 e. The lowest BCUT2D eigenvalue weighted by Crippen LogP contribution is -2.38. The number of halogens is 2. The third-order valence-electron chi connectivity index (χ3n) is 1.89. The molecule has 0 fully saturated rings. The molecule has 1 rings (SSSR count). The van der Waals surface area contributed by atoms with Crippen molar-refractivity contribution in [1.82, 2.24) is 4.72 Å². The van der Waals surface area contributed by atoms with Crippen molar-refractivity contribution in [3.8, 4) is 0 Å². The van der Waals surface area contributed by atoms with Gasteiger partial charge >= 0.3 is 5.97 Å². The fraction of sp³-hybridized carbons (Fsp3) is 0.222. The van der Waals surface area contributed by atoms with Crippen LogP contribution in [0.25, 0.3) is 0 Å². The van der Waals surface area contributed by atoms with Gasteiger partial charge in [-0.1, -0.05) is 11.6 Å². The number of rotatable bonds is 4. The molecule has 17 heavy (non-hydrogen) atoms. The highest BCUT2D eigenvalue weighted by Crippen LogP contribution is 2.22. The summed E-state index contributed by atoms with van der Waals surface area (Å²) in [6.45, 7) is 1.15. The largest absolute Gasteiger partial charge is 0.480 e. The topological polar surface area (TPSA) is 83.5 Å². The van der Waals surface area contributed by atoms with Crippen molar-refractivity contribution in [1.29, 1.82) is 0 Å². The minimum absolute atomic E-state index is 0.184. The average molecular weight is 282 g/mol. The van der Waals surface area contributed by atoms with Gasteiger partial charge in [0.15, 0.2) is 0 Å². The zero-order chi connectivity index (χ0) is 13.2. The van der Waals surface area contributed by atoms with Gasteiger partial charge in [0.1, 0.15) is 16.8 Å². The van der Waals surface area contributed by atoms with Crippen LogP contribution in [0.1, 0.15) is 6.92 Å². The van der Waals surface area contributed by atoms with Gasteiger partial charge in [-0.2, -0.15) is 4.72 Å². The Hall–Kier alpha value is -1.18. The van der Waals surface area contributed by atoms with Crippen molar-refractivity contribution in [2.75, 3.05) is 0 Å². The van der Waals surface area contributed by atoms with Gasteiger partial charge in [0, 0.05) is 0 Å². The molecule has 0 spiro atoms. The van der Waals surface area contributed by atoms with E-state index >= 15 is 0 Å². The Balaban J connectivity index is 3.13. The van der Waals surface area contributed by atoms with Crippen LogP contribution < -0.4 is 4.72 Å². The minimum atomic E-state index is -4.16. The van der Waals surface area contributed by atoms with Gasteiger partial charge in [0.25, 0.3) is 0 Å². The summed E-state index contributed by atoms with van der Waals surface area (Å²) in [5.41, 5.74) is 0. The molecule has 0 heterocycles. The highest BCUT2D eigenvalue weighted by atomic mass is 35.5. The standard InChI is InChI=1S/C9H9ClFNO4S/c1-5(9(13)14)12-17(15,16)8-4-6(11)2-3-7(8)10/h2-5,12H,1H3,(H,13,14)/t5-/m1/s1. The second-order valence-electron chi connectivity index (χ2n) is 3.26. The second-order valence-corrected chi connectivity index (χ2v) is 5.35. The normalized spacial score (nSPS) is 13.4. The maximum absolute atomic E-state index is 12.9. The summed E-state index contributed by atoms with van der Waals surface area (Å²) in [6.07, 6.45) is 0. The first-order valence-electron chi connectivity index (χ1n) is 4.44. The highest BCUT2D eigenvalue weighted by molar-refractivity contribution is 7.89. The molecule has 0 radical (unpaired) electrons. The third-order valence-corrected chi connectivity index (χ3v) is 3.91. The summed E-state index contributed by atoms with van der Waals surface area (Å²) in [4.78, 5) is 10.0. The molecule has 1 atom stereocenters. The van der Waals surface area contributed by atoms with E-state index in [9.17, 15) is 17.6 Å². The number of carboxylic acid groups (broad SMARTS) is 1. The number of aliphatic carboxylic acids is 1. The second kappa shape index (κ2) is 4.99. The number of carboxylic acids is 1. The summed E-state index contributed by atoms with van der Waals surface area (Å²) in [7, 11) is -4.16. The highest BCUT2D eigenvalue weighted by Gasteiger charge is 2.24. The zero-order valence-corrected chi connectivity index (χ0v) is 10.2. The summed E-state index contributed by atoms with van der Waals surface area (Å²) >= 11 is 5.61. The number of hydrogen-bond donors (Lipinski definition) is 2. The first-order chi connectivity index (χ1) is 7.74. The summed E-state index contributed by atoms with van der Waals surface area (Å²) < 4.78 is 38.2. The van der Waals surface area contributed by atoms with E-state index in [2.05, 4.69) is 0 Å². The Morgan fingerprint density at radius 1 is 1.53 bits per heavy atom. The van der Waals surface area contributed by atoms with Crippen molar-refractivity contribution in [2.45, 2.75) is 17.9 Å². The maximum atomic E-state index is 12.9. The summed E-state index contributed by atoms with van der Waals surface area (Å²) in [5.74, 6) is -2.13. The Bertz CT molecular complexity index is 546. The van der Waals surface area contributed by atoms with Crippen molar-refractivity contribution >= 4 is 27.6 Å². The molecule has 1 aromatic rings. The van der Waals surface area contributed by atoms with Crippen LogP contribution in [0.4, 0.5) is 4.39 Å². The number of hydrogen-bond acceptors (Lipinski definition) is 3. The molecule has 0 saturated carbocycles. The van der Waals surface area contributed by atoms with Crippen LogP contribution in [0.15, 0.2) is 23.1 Å². The minimum Gasteiger partial charge on any atom is -0.480 e. The molecule has 0 saturated heterocycles. The quantitative estimate of drug-likeness (QED) is 0.869. The predicted octanol–water partition coefficient (Wildman–Crippen LogP) is 1.23. The predicted molar refractivity (Wildman–Crippen MR) is 58.8 cm³/mol. The Kier molecular flexibility index (Phi) is 4.07. The monoisotopic (exact) mass is 281 g/mol. The molecule has 5 nitrogen and oxygen atoms in total. The summed E-state index contributed by atoms with van der Waals surface area (Å²) in [6, 6.07) is 1.47. The van der Waals surface area contributed by atoms with E-state index in [1.54, 1.807) is 0 Å². The molecular weight excluding hydrogens is 273 g/mol. The van der Waals surface area contributed by atoms with Gasteiger partial charge in [0.05, 0.1) is 5.02 Å². The lowest BCUT2D eigenvalue weighted by atomic mass is 10.3. The molecule has 2 N–H and O–H groups in total. The Morgan fingerprint density at radius 2 is 2.12 bits per heavy atom. The van der Waals surface area contributed by atoms with E-state index in [1.807, 2.05) is 4.72 Å². The fourth-order valence-corrected chi connectivity index (χ4v) is 2.74. The molecule has 8 heteroatoms. The molecule has 0 aliphatic heterocycles. The Labute approximate surface area is 102 Å². The molecular formula is C9H9ClFNO4S. The van der Waals surface area contributed by atoms with E-state index in [-0.39, 0.29) is 5.02 Å². The summed E-state index contributed by atoms with van der Waals surface area (Å²) in [5, 5.41) is 8.40. The Morgan fingerprint density at radius 3 is 2.65 bits per heavy atom. The van der Waals surface area contributed by atoms with Gasteiger partial charge in [-0.25, -0.2) is 12.8 Å². The van der Waals surface area contributed by atoms with Gasteiger partial charge in [-0.05, 0) is 25.1 Å². The van der Waals surface area contributed by atoms with E-state index in [0.29, 0.717) is 0 Å². The third kappa shape index (κ3) is 3.39. The van der Waals surface area contributed by atoms with Gasteiger partial charge in [-0.3, -0.25) is 4.79 Å². The van der Waals surface area contributed by atoms with E-state index in [0.717, 1.165) is 25.1 Å². The lowest BCUT2D eigenvalue weighted by Gasteiger charge is -2.11. The SMILES string of the molecule is C[C@@H](NS(=O)(=O)c1cc(F)ccc1Cl)C(=O)O. The van der Waals surface area contributed by atoms with Gasteiger partial charge < -0.3 is 5.11 Å². The zero-order valence-electron chi connectivity index (χ0n) is 8.65. The van der Waals surface area contributed by atoms with Crippen LogP contribution in [0.2, 0.25) is 5.02 Å². The molecule has 0 aromatic heterocycles. The molecule has 94 valence electrons. The number of sulfonamides is 1. The maximum Gasteiger partial charge on any atom is 0.321 e. The number of benzene rings is 1. The molecule has 0 aliphatic rings. The van der Waals surface area contributed by atoms with E-state index in [1.165, 1.54) is 0 Å². The van der Waals surface area contributed by atoms with Crippen LogP contribution in [-0.4, -0.2) is 25.5 Å². The van der Waals surface area contributed by atoms with Crippen LogP contribution >= 0.6 is 11.6 Å². The van der Waals surface area contributed by atoms with Crippen molar-refractivity contribution in [2.24, 2.45) is 0 Å².